The Labute approximate surface area is 125 Å². The number of fused-ring (bicyclic) bond motifs is 1. The van der Waals surface area contributed by atoms with Gasteiger partial charge in [0.05, 0.1) is 11.5 Å². The van der Waals surface area contributed by atoms with E-state index in [1.165, 1.54) is 18.0 Å². The minimum Gasteiger partial charge on any atom is -0.507 e. The molecule has 2 N–H and O–H groups in total. The van der Waals surface area contributed by atoms with Gasteiger partial charge >= 0.3 is 0 Å². The van der Waals surface area contributed by atoms with Crippen molar-refractivity contribution in [3.63, 3.8) is 0 Å². The van der Waals surface area contributed by atoms with E-state index in [9.17, 15) is 9.90 Å². The summed E-state index contributed by atoms with van der Waals surface area (Å²) in [4.78, 5) is 11.3. The lowest BCUT2D eigenvalue weighted by atomic mass is 10.0. The van der Waals surface area contributed by atoms with E-state index in [2.05, 4.69) is 15.5 Å². The number of carbonyl (C=O) groups is 1. The van der Waals surface area contributed by atoms with Gasteiger partial charge in [0.15, 0.2) is 5.17 Å². The summed E-state index contributed by atoms with van der Waals surface area (Å²) in [6.45, 7) is 1.81. The van der Waals surface area contributed by atoms with Crippen molar-refractivity contribution in [2.24, 2.45) is 10.2 Å². The molecule has 2 aromatic rings. The number of thioether (sulfide) groups is 1. The standard InChI is InChI=1S/C15H13N3O2S/c1-9-14(20)17-15(21-9)18-16-8-12-11-5-3-2-4-10(11)6-7-13(12)19/h2-9,19H,1H3,(H,17,18,20)/b16-8+. The first-order valence-corrected chi connectivity index (χ1v) is 7.32. The molecule has 1 saturated heterocycles. The van der Waals surface area contributed by atoms with E-state index < -0.39 is 0 Å². The number of hydrogen-bond donors (Lipinski definition) is 2. The largest absolute Gasteiger partial charge is 0.507 e. The smallest absolute Gasteiger partial charge is 0.239 e. The molecule has 1 unspecified atom stereocenters. The van der Waals surface area contributed by atoms with Crippen molar-refractivity contribution in [1.29, 1.82) is 0 Å². The molecule has 6 heteroatoms. The van der Waals surface area contributed by atoms with Crippen LogP contribution in [0.2, 0.25) is 0 Å². The van der Waals surface area contributed by atoms with Crippen molar-refractivity contribution in [2.75, 3.05) is 0 Å². The first-order valence-electron chi connectivity index (χ1n) is 6.44. The van der Waals surface area contributed by atoms with Gasteiger partial charge in [0.25, 0.3) is 0 Å². The zero-order valence-corrected chi connectivity index (χ0v) is 12.1. The van der Waals surface area contributed by atoms with Gasteiger partial charge < -0.3 is 10.4 Å². The Morgan fingerprint density at radius 3 is 2.86 bits per heavy atom. The minimum absolute atomic E-state index is 0.0676. The van der Waals surface area contributed by atoms with E-state index in [1.54, 1.807) is 6.07 Å². The van der Waals surface area contributed by atoms with Crippen LogP contribution in [0, 0.1) is 0 Å². The van der Waals surface area contributed by atoms with Crippen molar-refractivity contribution >= 4 is 39.8 Å². The van der Waals surface area contributed by atoms with Gasteiger partial charge in [0.1, 0.15) is 5.75 Å². The number of amidine groups is 1. The molecule has 1 amide bonds. The van der Waals surface area contributed by atoms with E-state index in [-0.39, 0.29) is 16.9 Å². The van der Waals surface area contributed by atoms with E-state index in [4.69, 9.17) is 0 Å². The van der Waals surface area contributed by atoms with Crippen LogP contribution in [0.25, 0.3) is 10.8 Å². The zero-order valence-electron chi connectivity index (χ0n) is 11.3. The van der Waals surface area contributed by atoms with Crippen LogP contribution < -0.4 is 5.32 Å². The second-order valence-corrected chi connectivity index (χ2v) is 5.95. The predicted octanol–water partition coefficient (Wildman–Crippen LogP) is 2.49. The van der Waals surface area contributed by atoms with Crippen molar-refractivity contribution in [2.45, 2.75) is 12.2 Å². The summed E-state index contributed by atoms with van der Waals surface area (Å²) in [7, 11) is 0. The van der Waals surface area contributed by atoms with Crippen LogP contribution in [0.1, 0.15) is 12.5 Å². The lowest BCUT2D eigenvalue weighted by Gasteiger charge is -2.03. The van der Waals surface area contributed by atoms with Gasteiger partial charge in [-0.15, -0.1) is 5.10 Å². The second-order valence-electron chi connectivity index (χ2n) is 4.62. The summed E-state index contributed by atoms with van der Waals surface area (Å²) < 4.78 is 0. The fourth-order valence-electron chi connectivity index (χ4n) is 2.06. The van der Waals surface area contributed by atoms with Crippen LogP contribution in [-0.2, 0) is 4.79 Å². The maximum Gasteiger partial charge on any atom is 0.239 e. The first kappa shape index (κ1) is 13.6. The fraction of sp³-hybridized carbons (Fsp3) is 0.133. The van der Waals surface area contributed by atoms with E-state index >= 15 is 0 Å². The highest BCUT2D eigenvalue weighted by Crippen LogP contribution is 2.25. The SMILES string of the molecule is CC1S/C(=N/N=C/c2c(O)ccc3ccccc23)NC1=O. The van der Waals surface area contributed by atoms with Crippen LogP contribution >= 0.6 is 11.8 Å². The molecule has 1 heterocycles. The van der Waals surface area contributed by atoms with Crippen molar-refractivity contribution in [3.05, 3.63) is 42.0 Å². The lowest BCUT2D eigenvalue weighted by Crippen LogP contribution is -2.23. The third kappa shape index (κ3) is 2.75. The predicted molar refractivity (Wildman–Crippen MR) is 85.8 cm³/mol. The number of benzene rings is 2. The Bertz CT molecular complexity index is 771. The quantitative estimate of drug-likeness (QED) is 0.661. The number of nitrogens with zero attached hydrogens (tertiary/aromatic N) is 2. The highest BCUT2D eigenvalue weighted by molar-refractivity contribution is 8.15. The van der Waals surface area contributed by atoms with Crippen LogP contribution in [0.4, 0.5) is 0 Å². The monoisotopic (exact) mass is 299 g/mol. The molecule has 1 atom stereocenters. The summed E-state index contributed by atoms with van der Waals surface area (Å²) in [5.74, 6) is 0.0797. The maximum absolute atomic E-state index is 11.3. The fourth-order valence-corrected chi connectivity index (χ4v) is 2.82. The average molecular weight is 299 g/mol. The molecule has 3 rings (SSSR count). The Hall–Kier alpha value is -2.34. The number of hydrogen-bond acceptors (Lipinski definition) is 5. The molecule has 0 saturated carbocycles. The molecule has 2 aromatic carbocycles. The molecule has 1 aliphatic heterocycles. The van der Waals surface area contributed by atoms with Gasteiger partial charge in [-0.05, 0) is 23.8 Å². The van der Waals surface area contributed by atoms with E-state index in [0.717, 1.165) is 10.8 Å². The van der Waals surface area contributed by atoms with E-state index in [0.29, 0.717) is 10.7 Å². The van der Waals surface area contributed by atoms with Gasteiger partial charge in [-0.1, -0.05) is 42.1 Å². The summed E-state index contributed by atoms with van der Waals surface area (Å²) in [6, 6.07) is 11.2. The molecule has 0 aliphatic carbocycles. The van der Waals surface area contributed by atoms with Gasteiger partial charge in [-0.3, -0.25) is 4.79 Å². The topological polar surface area (TPSA) is 74.1 Å². The molecular weight excluding hydrogens is 286 g/mol. The molecule has 21 heavy (non-hydrogen) atoms. The third-order valence-electron chi connectivity index (χ3n) is 3.17. The summed E-state index contributed by atoms with van der Waals surface area (Å²) in [6.07, 6.45) is 1.50. The molecule has 0 radical (unpaired) electrons. The first-order chi connectivity index (χ1) is 10.1. The number of nitrogens with one attached hydrogen (secondary N) is 1. The summed E-state index contributed by atoms with van der Waals surface area (Å²) in [5.41, 5.74) is 0.611. The van der Waals surface area contributed by atoms with Crippen molar-refractivity contribution in [1.82, 2.24) is 5.32 Å². The van der Waals surface area contributed by atoms with Gasteiger partial charge in [-0.25, -0.2) is 0 Å². The number of aromatic hydroxyl groups is 1. The lowest BCUT2D eigenvalue weighted by molar-refractivity contribution is -0.118. The molecule has 106 valence electrons. The summed E-state index contributed by atoms with van der Waals surface area (Å²) >= 11 is 1.33. The molecule has 0 spiro atoms. The number of carbonyl (C=O) groups excluding carboxylic acids is 1. The van der Waals surface area contributed by atoms with E-state index in [1.807, 2.05) is 37.3 Å². The van der Waals surface area contributed by atoms with Crippen LogP contribution in [0.3, 0.4) is 0 Å². The molecule has 5 nitrogen and oxygen atoms in total. The minimum atomic E-state index is -0.148. The highest BCUT2D eigenvalue weighted by atomic mass is 32.2. The van der Waals surface area contributed by atoms with Gasteiger partial charge in [-0.2, -0.15) is 5.10 Å². The maximum atomic E-state index is 11.3. The van der Waals surface area contributed by atoms with Crippen LogP contribution in [0.5, 0.6) is 5.75 Å². The normalized spacial score (nSPS) is 20.5. The second kappa shape index (κ2) is 5.57. The van der Waals surface area contributed by atoms with Crippen LogP contribution in [0.15, 0.2) is 46.6 Å². The summed E-state index contributed by atoms with van der Waals surface area (Å²) in [5, 5.41) is 22.8. The number of phenols is 1. The van der Waals surface area contributed by atoms with Crippen LogP contribution in [-0.4, -0.2) is 27.6 Å². The Balaban J connectivity index is 1.92. The van der Waals surface area contributed by atoms with Gasteiger partial charge in [0.2, 0.25) is 5.91 Å². The zero-order chi connectivity index (χ0) is 14.8. The Morgan fingerprint density at radius 2 is 2.10 bits per heavy atom. The molecule has 0 aromatic heterocycles. The number of phenolic OH excluding ortho intramolecular Hbond substituents is 1. The van der Waals surface area contributed by atoms with Gasteiger partial charge in [0, 0.05) is 5.56 Å². The molecule has 0 bridgehead atoms. The molecule has 1 aliphatic rings. The number of rotatable bonds is 2. The molecule has 1 fully saturated rings. The average Bonchev–Trinajstić information content (AvgIpc) is 2.80. The third-order valence-corrected chi connectivity index (χ3v) is 4.15. The Morgan fingerprint density at radius 1 is 1.29 bits per heavy atom. The number of amides is 1. The molecular formula is C15H13N3O2S. The highest BCUT2D eigenvalue weighted by Gasteiger charge is 2.25. The Kier molecular flexibility index (Phi) is 3.62. The van der Waals surface area contributed by atoms with Crippen molar-refractivity contribution in [3.8, 4) is 5.75 Å². The van der Waals surface area contributed by atoms with Crippen molar-refractivity contribution < 1.29 is 9.90 Å².